The second-order valence-electron chi connectivity index (χ2n) is 9.28. The fourth-order valence-corrected chi connectivity index (χ4v) is 4.35. The van der Waals surface area contributed by atoms with Crippen LogP contribution >= 0.6 is 0 Å². The standard InChI is InChI=1S/C23H29N5O2/c1-23(2,3)10-19(30)27-11-16(9-17(27)13-29)28-12-18(15-7-5-4-6-8-15)20-21(24)25-14-26-22(20)28/h4-8,12,14,16-17,29H,9-11,13H2,1-3H3,(H2,24,25,26). The van der Waals surface area contributed by atoms with Gasteiger partial charge in [0.15, 0.2) is 0 Å². The first-order valence-electron chi connectivity index (χ1n) is 10.4. The van der Waals surface area contributed by atoms with E-state index in [1.54, 1.807) is 0 Å². The molecule has 158 valence electrons. The molecule has 1 aromatic carbocycles. The minimum Gasteiger partial charge on any atom is -0.394 e. The fraction of sp³-hybridized carbons (Fsp3) is 0.435. The largest absolute Gasteiger partial charge is 0.394 e. The molecule has 0 spiro atoms. The summed E-state index contributed by atoms with van der Waals surface area (Å²) in [6, 6.07) is 9.85. The zero-order valence-electron chi connectivity index (χ0n) is 17.7. The number of hydrogen-bond acceptors (Lipinski definition) is 5. The maximum Gasteiger partial charge on any atom is 0.223 e. The van der Waals surface area contributed by atoms with Crippen LogP contribution in [0.3, 0.4) is 0 Å². The lowest BCUT2D eigenvalue weighted by molar-refractivity contribution is -0.134. The molecule has 3 heterocycles. The van der Waals surface area contributed by atoms with E-state index < -0.39 is 0 Å². The van der Waals surface area contributed by atoms with Gasteiger partial charge in [-0.05, 0) is 17.4 Å². The van der Waals surface area contributed by atoms with E-state index in [-0.39, 0.29) is 30.0 Å². The van der Waals surface area contributed by atoms with Crippen LogP contribution in [-0.4, -0.2) is 49.6 Å². The molecule has 3 aromatic rings. The molecule has 0 aliphatic carbocycles. The second-order valence-corrected chi connectivity index (χ2v) is 9.28. The van der Waals surface area contributed by atoms with Crippen molar-refractivity contribution >= 4 is 22.8 Å². The van der Waals surface area contributed by atoms with E-state index in [0.717, 1.165) is 22.2 Å². The predicted molar refractivity (Wildman–Crippen MR) is 118 cm³/mol. The van der Waals surface area contributed by atoms with Crippen LogP contribution in [-0.2, 0) is 4.79 Å². The van der Waals surface area contributed by atoms with E-state index in [0.29, 0.717) is 25.2 Å². The van der Waals surface area contributed by atoms with Crippen molar-refractivity contribution < 1.29 is 9.90 Å². The number of likely N-dealkylation sites (tertiary alicyclic amines) is 1. The van der Waals surface area contributed by atoms with E-state index in [4.69, 9.17) is 5.73 Å². The van der Waals surface area contributed by atoms with Crippen LogP contribution in [0.4, 0.5) is 5.82 Å². The maximum atomic E-state index is 12.9. The summed E-state index contributed by atoms with van der Waals surface area (Å²) < 4.78 is 2.10. The minimum absolute atomic E-state index is 0.0142. The van der Waals surface area contributed by atoms with Gasteiger partial charge in [-0.2, -0.15) is 0 Å². The van der Waals surface area contributed by atoms with Crippen molar-refractivity contribution in [1.29, 1.82) is 0 Å². The number of anilines is 1. The maximum absolute atomic E-state index is 12.9. The van der Waals surface area contributed by atoms with E-state index in [1.165, 1.54) is 6.33 Å². The molecule has 1 saturated heterocycles. The molecule has 0 saturated carbocycles. The molecule has 2 atom stereocenters. The van der Waals surface area contributed by atoms with Gasteiger partial charge in [0.25, 0.3) is 0 Å². The van der Waals surface area contributed by atoms with Crippen LogP contribution in [0, 0.1) is 5.41 Å². The van der Waals surface area contributed by atoms with Crippen molar-refractivity contribution in [2.45, 2.75) is 45.7 Å². The zero-order valence-corrected chi connectivity index (χ0v) is 17.7. The molecule has 7 nitrogen and oxygen atoms in total. The number of aliphatic hydroxyl groups is 1. The van der Waals surface area contributed by atoms with Crippen molar-refractivity contribution in [2.24, 2.45) is 5.41 Å². The van der Waals surface area contributed by atoms with Crippen LogP contribution in [0.25, 0.3) is 22.2 Å². The quantitative estimate of drug-likeness (QED) is 0.692. The first-order valence-corrected chi connectivity index (χ1v) is 10.4. The number of aromatic nitrogens is 3. The second kappa shape index (κ2) is 7.72. The summed E-state index contributed by atoms with van der Waals surface area (Å²) in [5, 5.41) is 10.8. The molecule has 2 aromatic heterocycles. The SMILES string of the molecule is CC(C)(C)CC(=O)N1CC(n2cc(-c3ccccc3)c3c(N)ncnc32)CC1CO. The van der Waals surface area contributed by atoms with Gasteiger partial charge in [0.05, 0.1) is 24.1 Å². The minimum atomic E-state index is -0.193. The Bertz CT molecular complexity index is 1050. The first-order chi connectivity index (χ1) is 14.3. The Morgan fingerprint density at radius 3 is 2.63 bits per heavy atom. The number of amides is 1. The highest BCUT2D eigenvalue weighted by molar-refractivity contribution is 6.00. The van der Waals surface area contributed by atoms with E-state index in [9.17, 15) is 9.90 Å². The molecular formula is C23H29N5O2. The van der Waals surface area contributed by atoms with Gasteiger partial charge in [-0.15, -0.1) is 0 Å². The molecule has 4 rings (SSSR count). The average molecular weight is 408 g/mol. The molecule has 0 radical (unpaired) electrons. The van der Waals surface area contributed by atoms with Gasteiger partial charge in [0.2, 0.25) is 5.91 Å². The summed E-state index contributed by atoms with van der Waals surface area (Å²) in [6.07, 6.45) is 4.66. The average Bonchev–Trinajstić information content (AvgIpc) is 3.30. The van der Waals surface area contributed by atoms with Crippen LogP contribution in [0.2, 0.25) is 0 Å². The summed E-state index contributed by atoms with van der Waals surface area (Å²) in [6.45, 7) is 6.66. The van der Waals surface area contributed by atoms with Gasteiger partial charge in [-0.3, -0.25) is 4.79 Å². The van der Waals surface area contributed by atoms with E-state index in [2.05, 4.69) is 41.5 Å². The molecule has 7 heteroatoms. The van der Waals surface area contributed by atoms with Crippen LogP contribution < -0.4 is 5.73 Å². The Balaban J connectivity index is 1.74. The highest BCUT2D eigenvalue weighted by atomic mass is 16.3. The van der Waals surface area contributed by atoms with Crippen molar-refractivity contribution in [3.8, 4) is 11.1 Å². The third kappa shape index (κ3) is 3.77. The molecule has 1 aliphatic heterocycles. The number of fused-ring (bicyclic) bond motifs is 1. The Kier molecular flexibility index (Phi) is 5.24. The third-order valence-electron chi connectivity index (χ3n) is 5.72. The number of carbonyl (C=O) groups excluding carboxylic acids is 1. The van der Waals surface area contributed by atoms with Gasteiger partial charge < -0.3 is 20.3 Å². The van der Waals surface area contributed by atoms with Crippen molar-refractivity contribution in [1.82, 2.24) is 19.4 Å². The molecular weight excluding hydrogens is 378 g/mol. The number of nitrogens with zero attached hydrogens (tertiary/aromatic N) is 4. The Morgan fingerprint density at radius 2 is 1.97 bits per heavy atom. The number of nitrogens with two attached hydrogens (primary N) is 1. The number of carbonyl (C=O) groups is 1. The number of rotatable bonds is 4. The predicted octanol–water partition coefficient (Wildman–Crippen LogP) is 3.25. The molecule has 2 unspecified atom stereocenters. The lowest BCUT2D eigenvalue weighted by Crippen LogP contribution is -2.39. The van der Waals surface area contributed by atoms with Gasteiger partial charge in [0.1, 0.15) is 17.8 Å². The lowest BCUT2D eigenvalue weighted by atomic mass is 9.91. The smallest absolute Gasteiger partial charge is 0.223 e. The third-order valence-corrected chi connectivity index (χ3v) is 5.72. The number of aliphatic hydroxyl groups excluding tert-OH is 1. The highest BCUT2D eigenvalue weighted by Crippen LogP contribution is 2.38. The number of nitrogen functional groups attached to an aromatic ring is 1. The van der Waals surface area contributed by atoms with Crippen LogP contribution in [0.1, 0.15) is 39.7 Å². The monoisotopic (exact) mass is 407 g/mol. The number of hydrogen-bond donors (Lipinski definition) is 2. The summed E-state index contributed by atoms with van der Waals surface area (Å²) in [5.41, 5.74) is 8.91. The normalized spacial score (nSPS) is 19.5. The molecule has 1 fully saturated rings. The van der Waals surface area contributed by atoms with Crippen molar-refractivity contribution in [3.63, 3.8) is 0 Å². The summed E-state index contributed by atoms with van der Waals surface area (Å²) in [5.74, 6) is 0.521. The van der Waals surface area contributed by atoms with Gasteiger partial charge >= 0.3 is 0 Å². The molecule has 0 bridgehead atoms. The highest BCUT2D eigenvalue weighted by Gasteiger charge is 2.37. The van der Waals surface area contributed by atoms with E-state index >= 15 is 0 Å². The topological polar surface area (TPSA) is 97.3 Å². The van der Waals surface area contributed by atoms with Gasteiger partial charge in [0, 0.05) is 24.7 Å². The number of benzene rings is 1. The summed E-state index contributed by atoms with van der Waals surface area (Å²) in [7, 11) is 0. The van der Waals surface area contributed by atoms with Gasteiger partial charge in [-0.25, -0.2) is 9.97 Å². The fourth-order valence-electron chi connectivity index (χ4n) is 4.35. The van der Waals surface area contributed by atoms with Crippen LogP contribution in [0.15, 0.2) is 42.9 Å². The van der Waals surface area contributed by atoms with Crippen molar-refractivity contribution in [3.05, 3.63) is 42.9 Å². The van der Waals surface area contributed by atoms with Crippen molar-refractivity contribution in [2.75, 3.05) is 18.9 Å². The Morgan fingerprint density at radius 1 is 1.23 bits per heavy atom. The lowest BCUT2D eigenvalue weighted by Gasteiger charge is -2.27. The zero-order chi connectivity index (χ0) is 21.5. The summed E-state index contributed by atoms with van der Waals surface area (Å²) >= 11 is 0. The first kappa shape index (κ1) is 20.3. The molecule has 3 N–H and O–H groups in total. The molecule has 30 heavy (non-hydrogen) atoms. The van der Waals surface area contributed by atoms with Gasteiger partial charge in [-0.1, -0.05) is 51.1 Å². The summed E-state index contributed by atoms with van der Waals surface area (Å²) in [4.78, 5) is 23.5. The molecule has 1 aliphatic rings. The Hall–Kier alpha value is -2.93. The molecule has 1 amide bonds. The Labute approximate surface area is 176 Å². The van der Waals surface area contributed by atoms with E-state index in [1.807, 2.05) is 35.2 Å². The van der Waals surface area contributed by atoms with Crippen LogP contribution in [0.5, 0.6) is 0 Å².